The van der Waals surface area contributed by atoms with Crippen molar-refractivity contribution in [1.82, 2.24) is 0 Å². The van der Waals surface area contributed by atoms with E-state index in [4.69, 9.17) is 14.6 Å². The third kappa shape index (κ3) is 6.84. The number of carboxylic acid groups (broad SMARTS) is 1. The molecule has 0 saturated heterocycles. The first-order chi connectivity index (χ1) is 14.5. The van der Waals surface area contributed by atoms with Gasteiger partial charge in [-0.15, -0.1) is 0 Å². The minimum Gasteiger partial charge on any atom is -0.480 e. The zero-order valence-electron chi connectivity index (χ0n) is 16.7. The van der Waals surface area contributed by atoms with Crippen molar-refractivity contribution in [2.75, 3.05) is 25.1 Å². The maximum absolute atomic E-state index is 13.3. The molecule has 3 rings (SSSR count). The normalized spacial score (nSPS) is 18.6. The highest BCUT2D eigenvalue weighted by Crippen LogP contribution is 2.29. The summed E-state index contributed by atoms with van der Waals surface area (Å²) in [5.41, 5.74) is 2.24. The second kappa shape index (κ2) is 10.7. The standard InChI is InChI=1S/C23H26FNO5/c24-20-3-1-2-19(12-20)18-8-10-21(11-9-18)25-23(28)30-14-17-6-4-16(5-7-17)13-29-15-22(26)27/h1-3,8-12,16-17H,4-7,13-15H2,(H,25,28)(H,26,27)/t16-,17+. The number of hydrogen-bond donors (Lipinski definition) is 2. The summed E-state index contributed by atoms with van der Waals surface area (Å²) >= 11 is 0. The zero-order chi connectivity index (χ0) is 21.3. The number of hydrogen-bond acceptors (Lipinski definition) is 4. The predicted molar refractivity (Wildman–Crippen MR) is 111 cm³/mol. The number of nitrogens with one attached hydrogen (secondary N) is 1. The predicted octanol–water partition coefficient (Wildman–Crippen LogP) is 4.95. The first-order valence-corrected chi connectivity index (χ1v) is 10.1. The molecule has 2 N–H and O–H groups in total. The average Bonchev–Trinajstić information content (AvgIpc) is 2.73. The van der Waals surface area contributed by atoms with Crippen molar-refractivity contribution < 1.29 is 28.6 Å². The van der Waals surface area contributed by atoms with Crippen LogP contribution in [-0.2, 0) is 14.3 Å². The number of carboxylic acids is 1. The molecule has 1 aliphatic carbocycles. The molecule has 1 amide bonds. The number of carbonyl (C=O) groups is 2. The van der Waals surface area contributed by atoms with Crippen LogP contribution in [0.4, 0.5) is 14.9 Å². The second-order valence-corrected chi connectivity index (χ2v) is 7.61. The van der Waals surface area contributed by atoms with Gasteiger partial charge in [0.2, 0.25) is 0 Å². The second-order valence-electron chi connectivity index (χ2n) is 7.61. The molecule has 6 nitrogen and oxygen atoms in total. The van der Waals surface area contributed by atoms with Gasteiger partial charge >= 0.3 is 12.1 Å². The summed E-state index contributed by atoms with van der Waals surface area (Å²) < 4.78 is 23.9. The van der Waals surface area contributed by atoms with Gasteiger partial charge in [-0.2, -0.15) is 0 Å². The van der Waals surface area contributed by atoms with Crippen LogP contribution in [0, 0.1) is 17.7 Å². The topological polar surface area (TPSA) is 84.9 Å². The third-order valence-electron chi connectivity index (χ3n) is 5.28. The third-order valence-corrected chi connectivity index (χ3v) is 5.28. The maximum Gasteiger partial charge on any atom is 0.411 e. The summed E-state index contributed by atoms with van der Waals surface area (Å²) in [6.45, 7) is 0.564. The molecule has 0 aromatic heterocycles. The van der Waals surface area contributed by atoms with Gasteiger partial charge in [-0.3, -0.25) is 5.32 Å². The fraction of sp³-hybridized carbons (Fsp3) is 0.391. The van der Waals surface area contributed by atoms with Crippen molar-refractivity contribution in [3.63, 3.8) is 0 Å². The Hall–Kier alpha value is -2.93. The summed E-state index contributed by atoms with van der Waals surface area (Å²) in [5.74, 6) is -0.570. The van der Waals surface area contributed by atoms with Crippen LogP contribution in [0.3, 0.4) is 0 Å². The summed E-state index contributed by atoms with van der Waals surface area (Å²) in [5, 5.41) is 11.3. The highest BCUT2D eigenvalue weighted by Gasteiger charge is 2.22. The Morgan fingerprint density at radius 1 is 0.967 bits per heavy atom. The van der Waals surface area contributed by atoms with Crippen molar-refractivity contribution >= 4 is 17.7 Å². The van der Waals surface area contributed by atoms with E-state index < -0.39 is 12.1 Å². The van der Waals surface area contributed by atoms with E-state index in [1.807, 2.05) is 18.2 Å². The van der Waals surface area contributed by atoms with Gasteiger partial charge < -0.3 is 14.6 Å². The van der Waals surface area contributed by atoms with Gasteiger partial charge in [0.25, 0.3) is 0 Å². The Kier molecular flexibility index (Phi) is 7.79. The summed E-state index contributed by atoms with van der Waals surface area (Å²) in [4.78, 5) is 22.5. The maximum atomic E-state index is 13.3. The van der Waals surface area contributed by atoms with Crippen LogP contribution in [0.25, 0.3) is 11.1 Å². The van der Waals surface area contributed by atoms with E-state index in [-0.39, 0.29) is 12.4 Å². The lowest BCUT2D eigenvalue weighted by molar-refractivity contribution is -0.142. The highest BCUT2D eigenvalue weighted by atomic mass is 19.1. The van der Waals surface area contributed by atoms with E-state index in [9.17, 15) is 14.0 Å². The molecule has 0 heterocycles. The molecule has 160 valence electrons. The van der Waals surface area contributed by atoms with Gasteiger partial charge in [0.1, 0.15) is 12.4 Å². The van der Waals surface area contributed by atoms with Crippen LogP contribution in [0.2, 0.25) is 0 Å². The Morgan fingerprint density at radius 2 is 1.63 bits per heavy atom. The van der Waals surface area contributed by atoms with Crippen molar-refractivity contribution in [2.24, 2.45) is 11.8 Å². The molecule has 2 aromatic carbocycles. The molecule has 0 radical (unpaired) electrons. The van der Waals surface area contributed by atoms with Crippen LogP contribution in [0.5, 0.6) is 0 Å². The molecular weight excluding hydrogens is 389 g/mol. The monoisotopic (exact) mass is 415 g/mol. The van der Waals surface area contributed by atoms with Crippen molar-refractivity contribution in [3.8, 4) is 11.1 Å². The van der Waals surface area contributed by atoms with Crippen LogP contribution < -0.4 is 5.32 Å². The first-order valence-electron chi connectivity index (χ1n) is 10.1. The lowest BCUT2D eigenvalue weighted by Gasteiger charge is -2.27. The molecule has 30 heavy (non-hydrogen) atoms. The summed E-state index contributed by atoms with van der Waals surface area (Å²) in [6.07, 6.45) is 3.24. The van der Waals surface area contributed by atoms with Gasteiger partial charge in [0.05, 0.1) is 13.2 Å². The number of ether oxygens (including phenoxy) is 2. The van der Waals surface area contributed by atoms with Gasteiger partial charge in [-0.1, -0.05) is 24.3 Å². The average molecular weight is 415 g/mol. The van der Waals surface area contributed by atoms with Crippen LogP contribution >= 0.6 is 0 Å². The van der Waals surface area contributed by atoms with E-state index in [2.05, 4.69) is 5.32 Å². The molecular formula is C23H26FNO5. The Morgan fingerprint density at radius 3 is 2.27 bits per heavy atom. The van der Waals surface area contributed by atoms with Crippen molar-refractivity contribution in [3.05, 3.63) is 54.3 Å². The number of aliphatic carboxylic acids is 1. The van der Waals surface area contributed by atoms with Gasteiger partial charge in [-0.25, -0.2) is 14.0 Å². The van der Waals surface area contributed by atoms with Crippen LogP contribution in [0.1, 0.15) is 25.7 Å². The molecule has 0 aliphatic heterocycles. The molecule has 1 aliphatic rings. The quantitative estimate of drug-likeness (QED) is 0.637. The fourth-order valence-electron chi connectivity index (χ4n) is 3.64. The van der Waals surface area contributed by atoms with Gasteiger partial charge in [0.15, 0.2) is 0 Å². The van der Waals surface area contributed by atoms with Crippen LogP contribution in [0.15, 0.2) is 48.5 Å². The summed E-state index contributed by atoms with van der Waals surface area (Å²) in [7, 11) is 0. The molecule has 2 aromatic rings. The Bertz CT molecular complexity index is 847. The number of benzene rings is 2. The van der Waals surface area contributed by atoms with E-state index in [1.165, 1.54) is 12.1 Å². The lowest BCUT2D eigenvalue weighted by atomic mass is 9.83. The van der Waals surface area contributed by atoms with Crippen molar-refractivity contribution in [2.45, 2.75) is 25.7 Å². The number of rotatable bonds is 8. The van der Waals surface area contributed by atoms with Crippen LogP contribution in [-0.4, -0.2) is 37.0 Å². The number of carbonyl (C=O) groups excluding carboxylic acids is 1. The zero-order valence-corrected chi connectivity index (χ0v) is 16.7. The minimum atomic E-state index is -0.952. The number of anilines is 1. The Balaban J connectivity index is 1.37. The first kappa shape index (κ1) is 21.8. The largest absolute Gasteiger partial charge is 0.480 e. The molecule has 1 saturated carbocycles. The van der Waals surface area contributed by atoms with Crippen molar-refractivity contribution in [1.29, 1.82) is 0 Å². The van der Waals surface area contributed by atoms with Gasteiger partial charge in [0, 0.05) is 5.69 Å². The molecule has 0 unspecified atom stereocenters. The Labute approximate surface area is 175 Å². The lowest BCUT2D eigenvalue weighted by Crippen LogP contribution is -2.25. The highest BCUT2D eigenvalue weighted by molar-refractivity contribution is 5.85. The van der Waals surface area contributed by atoms with E-state index in [0.29, 0.717) is 30.7 Å². The SMILES string of the molecule is O=C(O)COC[C@H]1CC[C@@H](COC(=O)Nc2ccc(-c3cccc(F)c3)cc2)CC1. The van der Waals surface area contributed by atoms with E-state index in [1.54, 1.807) is 18.2 Å². The number of amides is 1. The molecule has 0 spiro atoms. The number of halogens is 1. The van der Waals surface area contributed by atoms with E-state index >= 15 is 0 Å². The fourth-order valence-corrected chi connectivity index (χ4v) is 3.64. The van der Waals surface area contributed by atoms with Gasteiger partial charge in [-0.05, 0) is 72.9 Å². The smallest absolute Gasteiger partial charge is 0.411 e. The molecule has 7 heteroatoms. The van der Waals surface area contributed by atoms with E-state index in [0.717, 1.165) is 36.8 Å². The summed E-state index contributed by atoms with van der Waals surface area (Å²) in [6, 6.07) is 13.5. The molecule has 1 fully saturated rings. The molecule has 0 bridgehead atoms. The molecule has 0 atom stereocenters. The minimum absolute atomic E-state index is 0.258.